The number of H-pyrrole nitrogens is 1. The Morgan fingerprint density at radius 1 is 1.17 bits per heavy atom. The summed E-state index contributed by atoms with van der Waals surface area (Å²) in [4.78, 5) is 3.24. The van der Waals surface area contributed by atoms with Crippen molar-refractivity contribution in [2.45, 2.75) is 44.4 Å². The highest BCUT2D eigenvalue weighted by atomic mass is 16.3. The Bertz CT molecular complexity index is 512. The van der Waals surface area contributed by atoms with Crippen molar-refractivity contribution in [2.75, 3.05) is 0 Å². The summed E-state index contributed by atoms with van der Waals surface area (Å²) >= 11 is 0. The lowest BCUT2D eigenvalue weighted by Crippen LogP contribution is -2.34. The minimum absolute atomic E-state index is 0.0710. The first-order valence-corrected chi connectivity index (χ1v) is 6.79. The molecule has 0 unspecified atom stereocenters. The second-order valence-electron chi connectivity index (χ2n) is 5.29. The molecule has 1 aliphatic carbocycles. The standard InChI is InChI=1S/C15H20N2O/c18-14-5-3-13(4-6-14)17-10-11-1-2-12-7-8-16-15(12)9-11/h1-2,7-9,13-14,16-18H,3-6,10H2. The molecule has 1 aromatic carbocycles. The van der Waals surface area contributed by atoms with Gasteiger partial charge in [0.05, 0.1) is 6.10 Å². The maximum absolute atomic E-state index is 9.47. The van der Waals surface area contributed by atoms with E-state index in [1.807, 2.05) is 6.20 Å². The van der Waals surface area contributed by atoms with E-state index in [4.69, 9.17) is 0 Å². The lowest BCUT2D eigenvalue weighted by Gasteiger charge is -2.26. The summed E-state index contributed by atoms with van der Waals surface area (Å²) in [6.07, 6.45) is 5.96. The van der Waals surface area contributed by atoms with E-state index in [1.165, 1.54) is 16.5 Å². The Hall–Kier alpha value is -1.32. The van der Waals surface area contributed by atoms with Crippen molar-refractivity contribution in [3.63, 3.8) is 0 Å². The van der Waals surface area contributed by atoms with Crippen LogP contribution in [0.25, 0.3) is 10.9 Å². The first-order chi connectivity index (χ1) is 8.81. The van der Waals surface area contributed by atoms with Gasteiger partial charge in [-0.05, 0) is 48.8 Å². The highest BCUT2D eigenvalue weighted by Gasteiger charge is 2.18. The molecular weight excluding hydrogens is 224 g/mol. The van der Waals surface area contributed by atoms with Gasteiger partial charge in [0.1, 0.15) is 0 Å². The van der Waals surface area contributed by atoms with Crippen LogP contribution < -0.4 is 5.32 Å². The zero-order valence-corrected chi connectivity index (χ0v) is 10.5. The molecular formula is C15H20N2O. The fourth-order valence-corrected chi connectivity index (χ4v) is 2.75. The minimum Gasteiger partial charge on any atom is -0.393 e. The van der Waals surface area contributed by atoms with E-state index >= 15 is 0 Å². The van der Waals surface area contributed by atoms with Gasteiger partial charge in [-0.3, -0.25) is 0 Å². The zero-order valence-electron chi connectivity index (χ0n) is 10.5. The maximum atomic E-state index is 9.47. The molecule has 1 heterocycles. The first kappa shape index (κ1) is 11.8. The molecule has 1 saturated carbocycles. The van der Waals surface area contributed by atoms with Crippen LogP contribution in [0, 0.1) is 0 Å². The van der Waals surface area contributed by atoms with E-state index in [-0.39, 0.29) is 6.10 Å². The fourth-order valence-electron chi connectivity index (χ4n) is 2.75. The van der Waals surface area contributed by atoms with Gasteiger partial charge < -0.3 is 15.4 Å². The van der Waals surface area contributed by atoms with Crippen LogP contribution in [0.4, 0.5) is 0 Å². The number of fused-ring (bicyclic) bond motifs is 1. The average molecular weight is 244 g/mol. The van der Waals surface area contributed by atoms with Crippen LogP contribution >= 0.6 is 0 Å². The molecule has 3 nitrogen and oxygen atoms in total. The number of nitrogens with one attached hydrogen (secondary N) is 2. The average Bonchev–Trinajstić information content (AvgIpc) is 2.85. The predicted molar refractivity (Wildman–Crippen MR) is 73.4 cm³/mol. The van der Waals surface area contributed by atoms with Gasteiger partial charge in [0.15, 0.2) is 0 Å². The number of aromatic nitrogens is 1. The van der Waals surface area contributed by atoms with Gasteiger partial charge in [0.2, 0.25) is 0 Å². The van der Waals surface area contributed by atoms with Crippen molar-refractivity contribution in [1.29, 1.82) is 0 Å². The summed E-state index contributed by atoms with van der Waals surface area (Å²) in [6.45, 7) is 0.912. The van der Waals surface area contributed by atoms with Crippen molar-refractivity contribution < 1.29 is 5.11 Å². The van der Waals surface area contributed by atoms with Gasteiger partial charge in [-0.25, -0.2) is 0 Å². The van der Waals surface area contributed by atoms with Crippen LogP contribution in [0.5, 0.6) is 0 Å². The summed E-state index contributed by atoms with van der Waals surface area (Å²) in [7, 11) is 0. The van der Waals surface area contributed by atoms with Gasteiger partial charge in [0.25, 0.3) is 0 Å². The lowest BCUT2D eigenvalue weighted by molar-refractivity contribution is 0.116. The monoisotopic (exact) mass is 244 g/mol. The Labute approximate surface area is 107 Å². The van der Waals surface area contributed by atoms with Crippen LogP contribution in [-0.2, 0) is 6.54 Å². The summed E-state index contributed by atoms with van der Waals surface area (Å²) in [5.41, 5.74) is 2.52. The van der Waals surface area contributed by atoms with Crippen molar-refractivity contribution in [3.05, 3.63) is 36.0 Å². The molecule has 0 bridgehead atoms. The number of rotatable bonds is 3. The molecule has 3 heteroatoms. The van der Waals surface area contributed by atoms with Crippen LogP contribution in [-0.4, -0.2) is 22.2 Å². The van der Waals surface area contributed by atoms with E-state index in [0.29, 0.717) is 6.04 Å². The normalized spacial score (nSPS) is 24.5. The Kier molecular flexibility index (Phi) is 3.35. The molecule has 0 radical (unpaired) electrons. The largest absolute Gasteiger partial charge is 0.393 e. The van der Waals surface area contributed by atoms with Crippen molar-refractivity contribution in [1.82, 2.24) is 10.3 Å². The second-order valence-corrected chi connectivity index (χ2v) is 5.29. The summed E-state index contributed by atoms with van der Waals surface area (Å²) in [5.74, 6) is 0. The molecule has 0 atom stereocenters. The number of aromatic amines is 1. The van der Waals surface area contributed by atoms with Crippen molar-refractivity contribution >= 4 is 10.9 Å². The third kappa shape index (κ3) is 2.57. The van der Waals surface area contributed by atoms with Gasteiger partial charge in [-0.2, -0.15) is 0 Å². The smallest absolute Gasteiger partial charge is 0.0541 e. The van der Waals surface area contributed by atoms with Gasteiger partial charge in [0, 0.05) is 24.3 Å². The number of aliphatic hydroxyl groups excluding tert-OH is 1. The fraction of sp³-hybridized carbons (Fsp3) is 0.467. The number of hydrogen-bond acceptors (Lipinski definition) is 2. The number of benzene rings is 1. The molecule has 1 aliphatic rings. The van der Waals surface area contributed by atoms with E-state index in [2.05, 4.69) is 34.6 Å². The van der Waals surface area contributed by atoms with E-state index in [0.717, 1.165) is 32.2 Å². The Morgan fingerprint density at radius 3 is 2.83 bits per heavy atom. The minimum atomic E-state index is -0.0710. The summed E-state index contributed by atoms with van der Waals surface area (Å²) < 4.78 is 0. The highest BCUT2D eigenvalue weighted by molar-refractivity contribution is 5.79. The third-order valence-corrected chi connectivity index (χ3v) is 3.91. The van der Waals surface area contributed by atoms with Crippen LogP contribution in [0.1, 0.15) is 31.2 Å². The molecule has 96 valence electrons. The van der Waals surface area contributed by atoms with Crippen LogP contribution in [0.3, 0.4) is 0 Å². The summed E-state index contributed by atoms with van der Waals surface area (Å²) in [6, 6.07) is 9.20. The van der Waals surface area contributed by atoms with E-state index in [1.54, 1.807) is 0 Å². The number of hydrogen-bond donors (Lipinski definition) is 3. The maximum Gasteiger partial charge on any atom is 0.0541 e. The van der Waals surface area contributed by atoms with Crippen LogP contribution in [0.2, 0.25) is 0 Å². The van der Waals surface area contributed by atoms with Gasteiger partial charge in [-0.1, -0.05) is 12.1 Å². The van der Waals surface area contributed by atoms with E-state index in [9.17, 15) is 5.11 Å². The zero-order chi connectivity index (χ0) is 12.4. The topological polar surface area (TPSA) is 48.0 Å². The molecule has 0 saturated heterocycles. The number of aliphatic hydroxyl groups is 1. The molecule has 1 fully saturated rings. The quantitative estimate of drug-likeness (QED) is 0.777. The van der Waals surface area contributed by atoms with Gasteiger partial charge >= 0.3 is 0 Å². The SMILES string of the molecule is OC1CCC(NCc2ccc3cc[nH]c3c2)CC1. The molecule has 0 aliphatic heterocycles. The van der Waals surface area contributed by atoms with Crippen LogP contribution in [0.15, 0.2) is 30.5 Å². The summed E-state index contributed by atoms with van der Waals surface area (Å²) in [5, 5.41) is 14.3. The molecule has 0 spiro atoms. The highest BCUT2D eigenvalue weighted by Crippen LogP contribution is 2.19. The molecule has 3 rings (SSSR count). The Balaban J connectivity index is 1.59. The Morgan fingerprint density at radius 2 is 2.00 bits per heavy atom. The third-order valence-electron chi connectivity index (χ3n) is 3.91. The lowest BCUT2D eigenvalue weighted by atomic mass is 9.93. The molecule has 3 N–H and O–H groups in total. The molecule has 18 heavy (non-hydrogen) atoms. The van der Waals surface area contributed by atoms with Crippen molar-refractivity contribution in [2.24, 2.45) is 0 Å². The van der Waals surface area contributed by atoms with Crippen molar-refractivity contribution in [3.8, 4) is 0 Å². The van der Waals surface area contributed by atoms with Gasteiger partial charge in [-0.15, -0.1) is 0 Å². The molecule has 2 aromatic rings. The predicted octanol–water partition coefficient (Wildman–Crippen LogP) is 2.56. The first-order valence-electron chi connectivity index (χ1n) is 6.79. The molecule has 1 aromatic heterocycles. The second kappa shape index (κ2) is 5.12. The molecule has 0 amide bonds. The van der Waals surface area contributed by atoms with E-state index < -0.39 is 0 Å².